The van der Waals surface area contributed by atoms with Gasteiger partial charge in [-0.3, -0.25) is 10.00 Å². The fraction of sp³-hybridized carbons (Fsp3) is 0.467. The number of nitrogens with zero attached hydrogens (tertiary/aromatic N) is 3. The van der Waals surface area contributed by atoms with Gasteiger partial charge in [0.25, 0.3) is 0 Å². The van der Waals surface area contributed by atoms with Gasteiger partial charge in [0.1, 0.15) is 0 Å². The van der Waals surface area contributed by atoms with E-state index in [0.29, 0.717) is 5.82 Å². The molecule has 0 saturated heterocycles. The van der Waals surface area contributed by atoms with Crippen LogP contribution in [0.4, 0.5) is 13.2 Å². The molecule has 2 aromatic rings. The van der Waals surface area contributed by atoms with Crippen LogP contribution in [0.15, 0.2) is 24.3 Å². The second-order valence-electron chi connectivity index (χ2n) is 5.75. The minimum Gasteiger partial charge on any atom is -0.278 e. The maximum Gasteiger partial charge on any atom is 0.401 e. The molecule has 0 fully saturated rings. The molecule has 0 bridgehead atoms. The van der Waals surface area contributed by atoms with Crippen molar-refractivity contribution in [2.75, 3.05) is 6.54 Å². The third-order valence-corrected chi connectivity index (χ3v) is 3.75. The van der Waals surface area contributed by atoms with E-state index in [1.165, 1.54) is 9.58 Å². The van der Waals surface area contributed by atoms with Crippen molar-refractivity contribution in [3.63, 3.8) is 0 Å². The summed E-state index contributed by atoms with van der Waals surface area (Å²) in [5.74, 6) is 0.547. The number of aryl methyl sites for hydroxylation is 1. The Morgan fingerprint density at radius 2 is 1.87 bits per heavy atom. The van der Waals surface area contributed by atoms with E-state index >= 15 is 0 Å². The Kier molecular flexibility index (Phi) is 5.26. The number of alkyl halides is 3. The Hall–Kier alpha value is -1.67. The van der Waals surface area contributed by atoms with Crippen LogP contribution in [0.3, 0.4) is 0 Å². The molecule has 1 N–H and O–H groups in total. The molecule has 1 aromatic heterocycles. The summed E-state index contributed by atoms with van der Waals surface area (Å²) in [5, 5.41) is 2.98. The minimum absolute atomic E-state index is 0.00880. The first kappa shape index (κ1) is 17.7. The summed E-state index contributed by atoms with van der Waals surface area (Å²) in [6, 6.07) is 7.39. The standard InChI is InChI=1S/C15H19F3N4S/c1-10(2)21(8-15(16,17)18)9-22-14(23)19-13(20-22)12-6-4-11(3)5-7-12/h4-7,10H,8-9H2,1-3H3,(H,19,20,23). The predicted molar refractivity (Wildman–Crippen MR) is 85.5 cm³/mol. The van der Waals surface area contributed by atoms with E-state index in [1.807, 2.05) is 31.2 Å². The predicted octanol–water partition coefficient (Wildman–Crippen LogP) is 4.15. The summed E-state index contributed by atoms with van der Waals surface area (Å²) in [7, 11) is 0. The number of aromatic nitrogens is 3. The fourth-order valence-electron chi connectivity index (χ4n) is 2.10. The van der Waals surface area contributed by atoms with Gasteiger partial charge in [0.05, 0.1) is 13.2 Å². The molecule has 0 atom stereocenters. The van der Waals surface area contributed by atoms with Crippen molar-refractivity contribution in [3.05, 3.63) is 34.6 Å². The van der Waals surface area contributed by atoms with Crippen molar-refractivity contribution in [2.45, 2.75) is 39.7 Å². The number of halogens is 3. The lowest BCUT2D eigenvalue weighted by Crippen LogP contribution is -2.40. The van der Waals surface area contributed by atoms with Gasteiger partial charge >= 0.3 is 6.18 Å². The number of hydrogen-bond acceptors (Lipinski definition) is 3. The number of aromatic amines is 1. The van der Waals surface area contributed by atoms with E-state index in [2.05, 4.69) is 10.1 Å². The Balaban J connectivity index is 2.23. The van der Waals surface area contributed by atoms with Crippen LogP contribution in [-0.4, -0.2) is 38.4 Å². The monoisotopic (exact) mass is 344 g/mol. The second kappa shape index (κ2) is 6.84. The fourth-order valence-corrected chi connectivity index (χ4v) is 2.30. The topological polar surface area (TPSA) is 36.9 Å². The van der Waals surface area contributed by atoms with Gasteiger partial charge in [-0.05, 0) is 33.0 Å². The second-order valence-corrected chi connectivity index (χ2v) is 6.11. The molecule has 0 aliphatic heterocycles. The summed E-state index contributed by atoms with van der Waals surface area (Å²) in [6.07, 6.45) is -4.26. The molecule has 0 radical (unpaired) electrons. The molecule has 1 heterocycles. The first-order valence-electron chi connectivity index (χ1n) is 7.20. The largest absolute Gasteiger partial charge is 0.401 e. The van der Waals surface area contributed by atoms with E-state index < -0.39 is 12.7 Å². The molecule has 0 saturated carbocycles. The van der Waals surface area contributed by atoms with Gasteiger partial charge in [-0.1, -0.05) is 29.8 Å². The van der Waals surface area contributed by atoms with Crippen molar-refractivity contribution < 1.29 is 13.2 Å². The zero-order valence-corrected chi connectivity index (χ0v) is 14.0. The highest BCUT2D eigenvalue weighted by Gasteiger charge is 2.32. The Labute approximate surface area is 137 Å². The highest BCUT2D eigenvalue weighted by atomic mass is 32.1. The highest BCUT2D eigenvalue weighted by molar-refractivity contribution is 7.71. The van der Waals surface area contributed by atoms with Crippen molar-refractivity contribution >= 4 is 12.2 Å². The van der Waals surface area contributed by atoms with Crippen LogP contribution >= 0.6 is 12.2 Å². The molecule has 0 amide bonds. The van der Waals surface area contributed by atoms with Crippen LogP contribution in [0, 0.1) is 11.7 Å². The van der Waals surface area contributed by atoms with E-state index in [4.69, 9.17) is 12.2 Å². The highest BCUT2D eigenvalue weighted by Crippen LogP contribution is 2.19. The zero-order valence-electron chi connectivity index (χ0n) is 13.2. The lowest BCUT2D eigenvalue weighted by Gasteiger charge is -2.27. The maximum atomic E-state index is 12.7. The Morgan fingerprint density at radius 3 is 2.39 bits per heavy atom. The van der Waals surface area contributed by atoms with Gasteiger partial charge in [0, 0.05) is 11.6 Å². The molecule has 8 heteroatoms. The Bertz CT molecular complexity index is 701. The molecular formula is C15H19F3N4S. The third kappa shape index (κ3) is 4.90. The summed E-state index contributed by atoms with van der Waals surface area (Å²) in [6.45, 7) is 4.42. The van der Waals surface area contributed by atoms with Crippen LogP contribution < -0.4 is 0 Å². The number of benzene rings is 1. The van der Waals surface area contributed by atoms with Crippen molar-refractivity contribution in [1.29, 1.82) is 0 Å². The van der Waals surface area contributed by atoms with E-state index in [0.717, 1.165) is 11.1 Å². The number of rotatable bonds is 5. The smallest absolute Gasteiger partial charge is 0.278 e. The van der Waals surface area contributed by atoms with Gasteiger partial charge in [0.2, 0.25) is 4.77 Å². The van der Waals surface area contributed by atoms with Gasteiger partial charge < -0.3 is 0 Å². The zero-order chi connectivity index (χ0) is 17.2. The van der Waals surface area contributed by atoms with Gasteiger partial charge in [-0.15, -0.1) is 0 Å². The third-order valence-electron chi connectivity index (χ3n) is 3.44. The van der Waals surface area contributed by atoms with E-state index in [1.54, 1.807) is 13.8 Å². The van der Waals surface area contributed by atoms with Crippen LogP contribution in [0.2, 0.25) is 0 Å². The SMILES string of the molecule is Cc1ccc(-c2nc(=S)n(CN(CC(F)(F)F)C(C)C)[nH]2)cc1. The molecule has 0 aliphatic rings. The molecule has 126 valence electrons. The average Bonchev–Trinajstić information content (AvgIpc) is 2.78. The van der Waals surface area contributed by atoms with Gasteiger partial charge in [0.15, 0.2) is 5.82 Å². The molecule has 4 nitrogen and oxygen atoms in total. The summed E-state index contributed by atoms with van der Waals surface area (Å²) < 4.78 is 39.7. The summed E-state index contributed by atoms with van der Waals surface area (Å²) in [4.78, 5) is 5.52. The molecule has 0 spiro atoms. The van der Waals surface area contributed by atoms with E-state index in [9.17, 15) is 13.2 Å². The van der Waals surface area contributed by atoms with Crippen LogP contribution in [0.25, 0.3) is 11.4 Å². The van der Waals surface area contributed by atoms with Gasteiger partial charge in [-0.2, -0.15) is 18.2 Å². The molecule has 1 aromatic carbocycles. The number of H-pyrrole nitrogens is 1. The van der Waals surface area contributed by atoms with Gasteiger partial charge in [-0.25, -0.2) is 4.68 Å². The number of nitrogens with one attached hydrogen (secondary N) is 1. The van der Waals surface area contributed by atoms with Crippen LogP contribution in [0.1, 0.15) is 19.4 Å². The number of hydrogen-bond donors (Lipinski definition) is 1. The van der Waals surface area contributed by atoms with E-state index in [-0.39, 0.29) is 17.5 Å². The van der Waals surface area contributed by atoms with Crippen LogP contribution in [0.5, 0.6) is 0 Å². The first-order chi connectivity index (χ1) is 10.7. The molecule has 23 heavy (non-hydrogen) atoms. The molecular weight excluding hydrogens is 325 g/mol. The van der Waals surface area contributed by atoms with Crippen molar-refractivity contribution in [3.8, 4) is 11.4 Å². The lowest BCUT2D eigenvalue weighted by atomic mass is 10.1. The molecule has 0 unspecified atom stereocenters. The summed E-state index contributed by atoms with van der Waals surface area (Å²) >= 11 is 5.16. The molecule has 0 aliphatic carbocycles. The quantitative estimate of drug-likeness (QED) is 0.828. The lowest BCUT2D eigenvalue weighted by molar-refractivity contribution is -0.154. The Morgan fingerprint density at radius 1 is 1.26 bits per heavy atom. The van der Waals surface area contributed by atoms with Crippen molar-refractivity contribution in [2.24, 2.45) is 0 Å². The summed E-state index contributed by atoms with van der Waals surface area (Å²) in [5.41, 5.74) is 1.95. The van der Waals surface area contributed by atoms with Crippen LogP contribution in [-0.2, 0) is 6.67 Å². The van der Waals surface area contributed by atoms with Crippen molar-refractivity contribution in [1.82, 2.24) is 19.7 Å². The average molecular weight is 344 g/mol. The molecule has 2 rings (SSSR count). The normalized spacial score (nSPS) is 12.3. The maximum absolute atomic E-state index is 12.7. The minimum atomic E-state index is -4.26. The first-order valence-corrected chi connectivity index (χ1v) is 7.61.